The molecule has 1 aromatic heterocycles. The maximum absolute atomic E-state index is 12.3. The smallest absolute Gasteiger partial charge is 0.339 e. The fourth-order valence-corrected chi connectivity index (χ4v) is 4.54. The van der Waals surface area contributed by atoms with Crippen molar-refractivity contribution in [3.63, 3.8) is 0 Å². The van der Waals surface area contributed by atoms with E-state index in [2.05, 4.69) is 4.98 Å². The fraction of sp³-hybridized carbons (Fsp3) is 0.0714. The normalized spacial score (nSPS) is 12.4. The molecule has 0 aliphatic carbocycles. The van der Waals surface area contributed by atoms with Crippen molar-refractivity contribution in [2.24, 2.45) is 5.14 Å². The van der Waals surface area contributed by atoms with Gasteiger partial charge in [-0.1, -0.05) is 17.7 Å². The third kappa shape index (κ3) is 3.41. The molecule has 3 rings (SSSR count). The Hall–Kier alpha value is -2.01. The number of benzene rings is 2. The van der Waals surface area contributed by atoms with Crippen LogP contribution in [0.2, 0.25) is 0 Å². The van der Waals surface area contributed by atoms with Crippen LogP contribution in [0.15, 0.2) is 51.7 Å². The van der Waals surface area contributed by atoms with Crippen LogP contribution in [0.1, 0.15) is 5.56 Å². The van der Waals surface area contributed by atoms with Crippen LogP contribution < -0.4 is 9.32 Å². The van der Waals surface area contributed by atoms with Crippen LogP contribution in [-0.2, 0) is 20.1 Å². The molecule has 0 fully saturated rings. The predicted molar refractivity (Wildman–Crippen MR) is 90.0 cm³/mol. The highest BCUT2D eigenvalue weighted by Crippen LogP contribution is 2.29. The van der Waals surface area contributed by atoms with Gasteiger partial charge < -0.3 is 4.18 Å². The molecule has 10 heteroatoms. The number of nitrogens with zero attached hydrogens (tertiary/aromatic N) is 1. The molecule has 2 N–H and O–H groups in total. The Labute approximate surface area is 142 Å². The van der Waals surface area contributed by atoms with Crippen molar-refractivity contribution in [2.75, 3.05) is 0 Å². The molecule has 0 spiro atoms. The average molecular weight is 384 g/mol. The molecule has 2 aromatic carbocycles. The summed E-state index contributed by atoms with van der Waals surface area (Å²) < 4.78 is 52.5. The Kier molecular flexibility index (Phi) is 4.08. The van der Waals surface area contributed by atoms with Gasteiger partial charge in [-0.3, -0.25) is 0 Å². The number of hydrogen-bond acceptors (Lipinski definition) is 7. The highest BCUT2D eigenvalue weighted by Gasteiger charge is 2.18. The van der Waals surface area contributed by atoms with E-state index in [1.54, 1.807) is 12.1 Å². The van der Waals surface area contributed by atoms with Gasteiger partial charge in [0.2, 0.25) is 4.34 Å². The summed E-state index contributed by atoms with van der Waals surface area (Å²) in [6.07, 6.45) is 0. The lowest BCUT2D eigenvalue weighted by atomic mass is 10.2. The molecule has 0 saturated carbocycles. The lowest BCUT2D eigenvalue weighted by Gasteiger charge is -2.07. The van der Waals surface area contributed by atoms with Gasteiger partial charge in [-0.2, -0.15) is 8.42 Å². The molecule has 0 radical (unpaired) electrons. The molecule has 0 unspecified atom stereocenters. The van der Waals surface area contributed by atoms with Gasteiger partial charge in [0.05, 0.1) is 10.2 Å². The Balaban J connectivity index is 1.96. The summed E-state index contributed by atoms with van der Waals surface area (Å²) in [4.78, 5) is 3.92. The molecule has 0 aliphatic rings. The SMILES string of the molecule is Cc1ccc(S(=O)(=O)Oc2ccc3nc(S(N)(=O)=O)sc3c2)cc1. The van der Waals surface area contributed by atoms with E-state index >= 15 is 0 Å². The number of hydrogen-bond donors (Lipinski definition) is 1. The molecule has 0 atom stereocenters. The quantitative estimate of drug-likeness (QED) is 0.688. The van der Waals surface area contributed by atoms with Crippen LogP contribution in [0.3, 0.4) is 0 Å². The average Bonchev–Trinajstić information content (AvgIpc) is 2.90. The summed E-state index contributed by atoms with van der Waals surface area (Å²) in [5, 5.41) is 5.04. The Morgan fingerprint density at radius 3 is 2.33 bits per heavy atom. The van der Waals surface area contributed by atoms with E-state index in [1.807, 2.05) is 6.92 Å². The summed E-state index contributed by atoms with van der Waals surface area (Å²) in [6.45, 7) is 1.85. The maximum Gasteiger partial charge on any atom is 0.339 e. The zero-order valence-electron chi connectivity index (χ0n) is 12.3. The first kappa shape index (κ1) is 16.8. The van der Waals surface area contributed by atoms with Crippen molar-refractivity contribution < 1.29 is 21.0 Å². The van der Waals surface area contributed by atoms with Gasteiger partial charge in [-0.05, 0) is 31.2 Å². The van der Waals surface area contributed by atoms with Crippen LogP contribution in [0.5, 0.6) is 5.75 Å². The minimum absolute atomic E-state index is 0.0303. The van der Waals surface area contributed by atoms with Crippen LogP contribution in [-0.4, -0.2) is 21.8 Å². The van der Waals surface area contributed by atoms with E-state index < -0.39 is 20.1 Å². The molecule has 0 aliphatic heterocycles. The Morgan fingerprint density at radius 1 is 1.04 bits per heavy atom. The number of primary sulfonamides is 1. The van der Waals surface area contributed by atoms with Crippen LogP contribution in [0.25, 0.3) is 10.2 Å². The minimum atomic E-state index is -3.98. The summed E-state index contributed by atoms with van der Waals surface area (Å²) in [5.74, 6) is 0.0627. The number of fused-ring (bicyclic) bond motifs is 1. The maximum atomic E-state index is 12.3. The zero-order valence-corrected chi connectivity index (χ0v) is 14.8. The van der Waals surface area contributed by atoms with Crippen molar-refractivity contribution in [2.45, 2.75) is 16.2 Å². The number of rotatable bonds is 4. The molecule has 7 nitrogen and oxygen atoms in total. The summed E-state index contributed by atoms with van der Waals surface area (Å²) >= 11 is 0.843. The van der Waals surface area contributed by atoms with E-state index in [9.17, 15) is 16.8 Å². The molecule has 1 heterocycles. The molecule has 0 bridgehead atoms. The van der Waals surface area contributed by atoms with Gasteiger partial charge in [0.25, 0.3) is 10.0 Å². The van der Waals surface area contributed by atoms with E-state index in [1.165, 1.54) is 30.3 Å². The largest absolute Gasteiger partial charge is 0.379 e. The molecule has 24 heavy (non-hydrogen) atoms. The molecular weight excluding hydrogens is 372 g/mol. The second-order valence-corrected chi connectivity index (χ2v) is 9.32. The van der Waals surface area contributed by atoms with E-state index in [4.69, 9.17) is 9.32 Å². The monoisotopic (exact) mass is 384 g/mol. The number of aryl methyl sites for hydroxylation is 1. The summed E-state index contributed by atoms with van der Waals surface area (Å²) in [7, 11) is -7.89. The number of nitrogens with two attached hydrogens (primary N) is 1. The molecule has 0 saturated heterocycles. The number of aromatic nitrogens is 1. The third-order valence-electron chi connectivity index (χ3n) is 3.10. The lowest BCUT2D eigenvalue weighted by Crippen LogP contribution is -2.11. The van der Waals surface area contributed by atoms with E-state index in [-0.39, 0.29) is 15.0 Å². The minimum Gasteiger partial charge on any atom is -0.379 e. The number of thiazole rings is 1. The molecule has 0 amide bonds. The third-order valence-corrected chi connectivity index (χ3v) is 6.70. The van der Waals surface area contributed by atoms with Gasteiger partial charge in [0, 0.05) is 6.07 Å². The highest BCUT2D eigenvalue weighted by atomic mass is 32.2. The van der Waals surface area contributed by atoms with Gasteiger partial charge in [0.1, 0.15) is 10.6 Å². The summed E-state index contributed by atoms with van der Waals surface area (Å²) in [6, 6.07) is 10.5. The first-order chi connectivity index (χ1) is 11.1. The van der Waals surface area contributed by atoms with E-state index in [0.717, 1.165) is 16.9 Å². The number of sulfonamides is 1. The van der Waals surface area contributed by atoms with Crippen LogP contribution in [0, 0.1) is 6.92 Å². The topological polar surface area (TPSA) is 116 Å². The first-order valence-corrected chi connectivity index (χ1v) is 10.4. The highest BCUT2D eigenvalue weighted by molar-refractivity contribution is 7.91. The van der Waals surface area contributed by atoms with Crippen LogP contribution in [0.4, 0.5) is 0 Å². The van der Waals surface area contributed by atoms with Gasteiger partial charge in [-0.15, -0.1) is 11.3 Å². The van der Waals surface area contributed by atoms with Crippen molar-refractivity contribution in [1.82, 2.24) is 4.98 Å². The first-order valence-electron chi connectivity index (χ1n) is 6.60. The Bertz CT molecular complexity index is 1120. The summed E-state index contributed by atoms with van der Waals surface area (Å²) in [5.41, 5.74) is 1.32. The Morgan fingerprint density at radius 2 is 1.71 bits per heavy atom. The van der Waals surface area contributed by atoms with Crippen molar-refractivity contribution in [3.05, 3.63) is 48.0 Å². The molecule has 126 valence electrons. The second kappa shape index (κ2) is 5.81. The molecular formula is C14H12N2O5S3. The van der Waals surface area contributed by atoms with Crippen LogP contribution >= 0.6 is 11.3 Å². The van der Waals surface area contributed by atoms with Crippen molar-refractivity contribution in [1.29, 1.82) is 0 Å². The van der Waals surface area contributed by atoms with Gasteiger partial charge in [-0.25, -0.2) is 18.5 Å². The van der Waals surface area contributed by atoms with Crippen molar-refractivity contribution in [3.8, 4) is 5.75 Å². The lowest BCUT2D eigenvalue weighted by molar-refractivity contribution is 0.486. The zero-order chi connectivity index (χ0) is 17.5. The molecule has 3 aromatic rings. The van der Waals surface area contributed by atoms with Crippen molar-refractivity contribution >= 4 is 41.7 Å². The second-order valence-electron chi connectivity index (χ2n) is 5.00. The van der Waals surface area contributed by atoms with E-state index in [0.29, 0.717) is 10.2 Å². The fourth-order valence-electron chi connectivity index (χ4n) is 1.94. The standard InChI is InChI=1S/C14H12N2O5S3/c1-9-2-5-11(6-3-9)24(19,20)21-10-4-7-12-13(8-10)22-14(16-12)23(15,17)18/h2-8H,1H3,(H2,15,17,18). The van der Waals surface area contributed by atoms with Gasteiger partial charge >= 0.3 is 10.1 Å². The van der Waals surface area contributed by atoms with Gasteiger partial charge in [0.15, 0.2) is 0 Å². The predicted octanol–water partition coefficient (Wildman–Crippen LogP) is 2.02.